The van der Waals surface area contributed by atoms with Crippen molar-refractivity contribution in [2.45, 2.75) is 51.1 Å². The maximum atomic E-state index is 11.6. The van der Waals surface area contributed by atoms with Gasteiger partial charge in [0.15, 0.2) is 0 Å². The molecule has 2 aromatic carbocycles. The van der Waals surface area contributed by atoms with Gasteiger partial charge in [-0.2, -0.15) is 0 Å². The molecule has 1 aliphatic carbocycles. The predicted molar refractivity (Wildman–Crippen MR) is 132 cm³/mol. The van der Waals surface area contributed by atoms with E-state index in [0.29, 0.717) is 4.88 Å². The number of nitrogens with zero attached hydrogens (tertiary/aromatic N) is 2. The summed E-state index contributed by atoms with van der Waals surface area (Å²) >= 11 is 1.02. The normalized spacial score (nSPS) is 18.4. The number of nitrogens with one attached hydrogen (secondary N) is 1. The minimum atomic E-state index is -0.258. The van der Waals surface area contributed by atoms with Gasteiger partial charge in [0.1, 0.15) is 11.0 Å². The molecule has 0 amide bonds. The molecule has 164 valence electrons. The lowest BCUT2D eigenvalue weighted by atomic mass is 9.97. The van der Waals surface area contributed by atoms with Gasteiger partial charge in [-0.1, -0.05) is 85.6 Å². The molecule has 0 saturated heterocycles. The zero-order valence-corrected chi connectivity index (χ0v) is 18.8. The van der Waals surface area contributed by atoms with Gasteiger partial charge in [0.25, 0.3) is 0 Å². The third-order valence-electron chi connectivity index (χ3n) is 6.44. The second-order valence-corrected chi connectivity index (χ2v) is 9.69. The Morgan fingerprint density at radius 2 is 1.78 bits per heavy atom. The first-order valence-electron chi connectivity index (χ1n) is 11.4. The van der Waals surface area contributed by atoms with Crippen LogP contribution in [-0.4, -0.2) is 28.2 Å². The molecule has 2 N–H and O–H groups in total. The molecule has 1 aliphatic heterocycles. The highest BCUT2D eigenvalue weighted by atomic mass is 32.1. The third kappa shape index (κ3) is 4.60. The number of aromatic hydroxyl groups is 1. The van der Waals surface area contributed by atoms with Crippen LogP contribution in [0.15, 0.2) is 63.3 Å². The fourth-order valence-corrected chi connectivity index (χ4v) is 5.54. The van der Waals surface area contributed by atoms with E-state index in [1.54, 1.807) is 0 Å². The zero-order chi connectivity index (χ0) is 21.9. The summed E-state index contributed by atoms with van der Waals surface area (Å²) in [6, 6.07) is 16.3. The van der Waals surface area contributed by atoms with Crippen molar-refractivity contribution in [2.24, 2.45) is 15.9 Å². The summed E-state index contributed by atoms with van der Waals surface area (Å²) in [5.41, 5.74) is 5.34. The van der Waals surface area contributed by atoms with E-state index in [0.717, 1.165) is 53.2 Å². The van der Waals surface area contributed by atoms with Crippen molar-refractivity contribution in [3.63, 3.8) is 0 Å². The molecular weight excluding hydrogens is 418 g/mol. The highest BCUT2D eigenvalue weighted by Crippen LogP contribution is 2.37. The molecule has 1 saturated carbocycles. The minimum absolute atomic E-state index is 0.0612. The van der Waals surface area contributed by atoms with Crippen molar-refractivity contribution in [1.82, 2.24) is 4.98 Å². The van der Waals surface area contributed by atoms with Crippen molar-refractivity contribution in [1.29, 1.82) is 0 Å². The summed E-state index contributed by atoms with van der Waals surface area (Å²) in [7, 11) is 0. The van der Waals surface area contributed by atoms with E-state index in [-0.39, 0.29) is 16.9 Å². The largest absolute Gasteiger partial charge is 0.493 e. The quantitative estimate of drug-likeness (QED) is 0.479. The SMILES string of the molecule is O=c1[nH]c(O)c(-c2ccccc2-c2ccc(CCC3N=CC(CC4CCCC4)=N3)cc2)s1. The number of aromatic amines is 1. The standard InChI is InChI=1S/C26H27N3O2S/c30-25-24(32-26(31)29-25)22-8-4-3-7-21(22)19-12-9-17(10-13-19)11-14-23-27-16-20(28-23)15-18-5-1-2-6-18/h3-4,7-10,12-13,16,18,23,30H,1-2,5-6,11,14-15H2,(H,29,31). The number of aryl methyl sites for hydroxylation is 1. The van der Waals surface area contributed by atoms with Crippen LogP contribution >= 0.6 is 11.3 Å². The Bertz CT molecular complexity index is 1200. The van der Waals surface area contributed by atoms with Gasteiger partial charge in [0, 0.05) is 11.8 Å². The number of hydrogen-bond donors (Lipinski definition) is 2. The van der Waals surface area contributed by atoms with Crippen LogP contribution in [0.3, 0.4) is 0 Å². The molecule has 1 unspecified atom stereocenters. The Kier molecular flexibility index (Phi) is 6.04. The van der Waals surface area contributed by atoms with Gasteiger partial charge < -0.3 is 5.11 Å². The van der Waals surface area contributed by atoms with E-state index in [2.05, 4.69) is 34.2 Å². The molecule has 1 aromatic heterocycles. The van der Waals surface area contributed by atoms with Crippen LogP contribution in [0, 0.1) is 5.92 Å². The van der Waals surface area contributed by atoms with E-state index in [4.69, 9.17) is 4.99 Å². The summed E-state index contributed by atoms with van der Waals surface area (Å²) in [5.74, 6) is 0.734. The fraction of sp³-hybridized carbons (Fsp3) is 0.346. The van der Waals surface area contributed by atoms with Crippen LogP contribution in [0.4, 0.5) is 0 Å². The monoisotopic (exact) mass is 445 g/mol. The lowest BCUT2D eigenvalue weighted by molar-refractivity contribution is 0.458. The first-order chi connectivity index (χ1) is 15.7. The second kappa shape index (κ2) is 9.25. The summed E-state index contributed by atoms with van der Waals surface area (Å²) in [4.78, 5) is 23.9. The van der Waals surface area contributed by atoms with Gasteiger partial charge in [0.05, 0.1) is 5.71 Å². The van der Waals surface area contributed by atoms with E-state index in [9.17, 15) is 9.90 Å². The van der Waals surface area contributed by atoms with Gasteiger partial charge in [-0.05, 0) is 41.9 Å². The minimum Gasteiger partial charge on any atom is -0.493 e. The van der Waals surface area contributed by atoms with Crippen LogP contribution in [-0.2, 0) is 6.42 Å². The average Bonchev–Trinajstić information content (AvgIpc) is 3.55. The number of rotatable bonds is 7. The molecule has 5 rings (SSSR count). The number of aromatic nitrogens is 1. The average molecular weight is 446 g/mol. The predicted octanol–water partition coefficient (Wildman–Crippen LogP) is 5.84. The summed E-state index contributed by atoms with van der Waals surface area (Å²) in [5, 5.41) is 10.1. The maximum Gasteiger partial charge on any atom is 0.307 e. The van der Waals surface area contributed by atoms with Gasteiger partial charge in [-0.15, -0.1) is 0 Å². The zero-order valence-electron chi connectivity index (χ0n) is 18.0. The highest BCUT2D eigenvalue weighted by molar-refractivity contribution is 7.13. The first kappa shape index (κ1) is 20.9. The Morgan fingerprint density at radius 3 is 2.50 bits per heavy atom. The topological polar surface area (TPSA) is 77.8 Å². The van der Waals surface area contributed by atoms with Crippen LogP contribution in [0.2, 0.25) is 0 Å². The Morgan fingerprint density at radius 1 is 1.03 bits per heavy atom. The molecule has 1 atom stereocenters. The number of benzene rings is 2. The highest BCUT2D eigenvalue weighted by Gasteiger charge is 2.20. The Hall–Kier alpha value is -2.99. The van der Waals surface area contributed by atoms with Crippen molar-refractivity contribution >= 4 is 23.3 Å². The maximum absolute atomic E-state index is 11.6. The molecule has 3 aromatic rings. The van der Waals surface area contributed by atoms with Crippen LogP contribution in [0.5, 0.6) is 5.88 Å². The first-order valence-corrected chi connectivity index (χ1v) is 12.2. The fourth-order valence-electron chi connectivity index (χ4n) is 4.77. The second-order valence-electron chi connectivity index (χ2n) is 8.71. The number of aliphatic imine (C=N–C) groups is 2. The van der Waals surface area contributed by atoms with E-state index in [1.807, 2.05) is 30.5 Å². The molecular formula is C26H27N3O2S. The Balaban J connectivity index is 1.25. The van der Waals surface area contributed by atoms with Gasteiger partial charge in [-0.3, -0.25) is 19.8 Å². The van der Waals surface area contributed by atoms with E-state index >= 15 is 0 Å². The van der Waals surface area contributed by atoms with Crippen molar-refractivity contribution in [3.8, 4) is 27.4 Å². The summed E-state index contributed by atoms with van der Waals surface area (Å²) in [6.07, 6.45) is 10.4. The molecule has 0 bridgehead atoms. The molecule has 32 heavy (non-hydrogen) atoms. The van der Waals surface area contributed by atoms with Crippen LogP contribution in [0.25, 0.3) is 21.6 Å². The molecule has 2 aliphatic rings. The van der Waals surface area contributed by atoms with E-state index < -0.39 is 0 Å². The van der Waals surface area contributed by atoms with Crippen LogP contribution < -0.4 is 4.87 Å². The number of hydrogen-bond acceptors (Lipinski definition) is 5. The van der Waals surface area contributed by atoms with Gasteiger partial charge in [-0.25, -0.2) is 0 Å². The molecule has 0 spiro atoms. The summed E-state index contributed by atoms with van der Waals surface area (Å²) < 4.78 is 0. The van der Waals surface area contributed by atoms with Crippen LogP contribution in [0.1, 0.15) is 44.1 Å². The lowest BCUT2D eigenvalue weighted by Gasteiger charge is -2.10. The van der Waals surface area contributed by atoms with E-state index in [1.165, 1.54) is 37.0 Å². The smallest absolute Gasteiger partial charge is 0.307 e. The molecule has 1 fully saturated rings. The Labute approximate surface area is 191 Å². The number of thiazole rings is 1. The van der Waals surface area contributed by atoms with Crippen molar-refractivity contribution in [2.75, 3.05) is 0 Å². The number of H-pyrrole nitrogens is 1. The lowest BCUT2D eigenvalue weighted by Crippen LogP contribution is -2.05. The van der Waals surface area contributed by atoms with Crippen molar-refractivity contribution < 1.29 is 5.11 Å². The molecule has 2 heterocycles. The van der Waals surface area contributed by atoms with Gasteiger partial charge in [0.2, 0.25) is 5.88 Å². The third-order valence-corrected chi connectivity index (χ3v) is 7.35. The van der Waals surface area contributed by atoms with Gasteiger partial charge >= 0.3 is 4.87 Å². The molecule has 0 radical (unpaired) electrons. The molecule has 5 nitrogen and oxygen atoms in total. The van der Waals surface area contributed by atoms with Crippen molar-refractivity contribution in [3.05, 3.63) is 63.8 Å². The summed E-state index contributed by atoms with van der Waals surface area (Å²) in [6.45, 7) is 0. The molecule has 6 heteroatoms.